The van der Waals surface area contributed by atoms with Crippen molar-refractivity contribution in [1.82, 2.24) is 9.13 Å². The summed E-state index contributed by atoms with van der Waals surface area (Å²) in [4.78, 5) is 0. The Labute approximate surface area is 74.9 Å². The number of nitrogens with zero attached hydrogens (tertiary/aromatic N) is 2. The molecule has 0 bridgehead atoms. The van der Waals surface area contributed by atoms with Gasteiger partial charge in [0, 0.05) is 0 Å². The monoisotopic (exact) mass is 152 g/mol. The molecule has 0 rings (SSSR count). The first-order valence-corrected chi connectivity index (χ1v) is 6.40. The van der Waals surface area contributed by atoms with E-state index in [9.17, 15) is 0 Å². The Hall–Kier alpha value is 0.734. The van der Waals surface area contributed by atoms with Crippen molar-refractivity contribution in [2.45, 2.75) is 11.3 Å². The van der Waals surface area contributed by atoms with E-state index in [4.69, 9.17) is 0 Å². The molecule has 10 heavy (non-hydrogen) atoms. The van der Waals surface area contributed by atoms with Crippen molar-refractivity contribution in [2.24, 2.45) is 0 Å². The Balaban J connectivity index is 4.23. The number of hydrogen-bond donors (Lipinski definition) is 0. The molecule has 0 aliphatic heterocycles. The van der Waals surface area contributed by atoms with Gasteiger partial charge in [-0.2, -0.15) is 0 Å². The van der Waals surface area contributed by atoms with E-state index in [-0.39, 0.29) is 0 Å². The third-order valence-corrected chi connectivity index (χ3v) is 7.79. The Morgan fingerprint density at radius 3 is 1.40 bits per heavy atom. The molecule has 4 heteroatoms. The molecule has 0 saturated carbocycles. The van der Waals surface area contributed by atoms with Gasteiger partial charge in [-0.3, -0.25) is 0 Å². The molecule has 0 radical (unpaired) electrons. The SMILES string of the molecule is [Li][CH2][Si](C)(N(C)C)N(C)C. The van der Waals surface area contributed by atoms with Crippen LogP contribution in [0.15, 0.2) is 0 Å². The van der Waals surface area contributed by atoms with Crippen LogP contribution in [-0.2, 0) is 0 Å². The minimum atomic E-state index is -1.21. The van der Waals surface area contributed by atoms with Crippen LogP contribution in [0.3, 0.4) is 0 Å². The molecule has 0 aliphatic carbocycles. The molecular weight excluding hydrogens is 135 g/mol. The van der Waals surface area contributed by atoms with E-state index in [1.807, 2.05) is 0 Å². The Morgan fingerprint density at radius 1 is 1.10 bits per heavy atom. The zero-order chi connectivity index (χ0) is 8.36. The van der Waals surface area contributed by atoms with Gasteiger partial charge in [0.15, 0.2) is 0 Å². The van der Waals surface area contributed by atoms with Crippen LogP contribution in [0.1, 0.15) is 0 Å². The van der Waals surface area contributed by atoms with E-state index in [1.165, 1.54) is 4.72 Å². The Bertz CT molecular complexity index is 97.9. The first kappa shape index (κ1) is 10.7. The summed E-state index contributed by atoms with van der Waals surface area (Å²) in [6.45, 7) is 2.38. The second-order valence-electron chi connectivity index (χ2n) is 3.36. The van der Waals surface area contributed by atoms with Gasteiger partial charge in [0.2, 0.25) is 0 Å². The number of rotatable bonds is 3. The average molecular weight is 152 g/mol. The summed E-state index contributed by atoms with van der Waals surface area (Å²) >= 11 is 2.27. The zero-order valence-electron chi connectivity index (χ0n) is 8.10. The first-order chi connectivity index (χ1) is 4.45. The normalized spacial score (nSPS) is 13.3. The quantitative estimate of drug-likeness (QED) is 0.537. The van der Waals surface area contributed by atoms with Gasteiger partial charge in [0.25, 0.3) is 0 Å². The fourth-order valence-corrected chi connectivity index (χ4v) is 3.10. The van der Waals surface area contributed by atoms with Gasteiger partial charge in [0.1, 0.15) is 0 Å². The molecule has 0 aromatic rings. The molecule has 0 heterocycles. The van der Waals surface area contributed by atoms with Crippen LogP contribution < -0.4 is 0 Å². The summed E-state index contributed by atoms with van der Waals surface area (Å²) in [5.41, 5.74) is 0. The van der Waals surface area contributed by atoms with Gasteiger partial charge in [-0.05, 0) is 0 Å². The van der Waals surface area contributed by atoms with Crippen LogP contribution in [0.5, 0.6) is 0 Å². The fraction of sp³-hybridized carbons (Fsp3) is 1.00. The Kier molecular flexibility index (Phi) is 4.23. The van der Waals surface area contributed by atoms with Crippen molar-refractivity contribution in [3.05, 3.63) is 0 Å². The second kappa shape index (κ2) is 3.94. The molecule has 0 N–H and O–H groups in total. The van der Waals surface area contributed by atoms with Crippen molar-refractivity contribution < 1.29 is 0 Å². The van der Waals surface area contributed by atoms with Crippen LogP contribution in [0.25, 0.3) is 0 Å². The van der Waals surface area contributed by atoms with E-state index < -0.39 is 8.40 Å². The molecule has 0 aromatic heterocycles. The molecule has 0 amide bonds. The van der Waals surface area contributed by atoms with E-state index in [1.54, 1.807) is 0 Å². The molecule has 0 atom stereocenters. The molecular formula is C6H17LiN2Si. The second-order valence-corrected chi connectivity index (χ2v) is 8.29. The van der Waals surface area contributed by atoms with E-state index in [0.717, 1.165) is 0 Å². The van der Waals surface area contributed by atoms with E-state index in [0.29, 0.717) is 0 Å². The molecule has 0 aliphatic rings. The third-order valence-electron chi connectivity index (χ3n) is 2.60. The summed E-state index contributed by atoms with van der Waals surface area (Å²) in [5, 5.41) is 0. The molecule has 56 valence electrons. The van der Waals surface area contributed by atoms with Crippen molar-refractivity contribution >= 4 is 26.1 Å². The van der Waals surface area contributed by atoms with Crippen LogP contribution in [0.4, 0.5) is 0 Å². The maximum absolute atomic E-state index is 2.38. The van der Waals surface area contributed by atoms with Crippen LogP contribution in [0, 0.1) is 0 Å². The van der Waals surface area contributed by atoms with Crippen LogP contribution in [0.2, 0.25) is 11.3 Å². The van der Waals surface area contributed by atoms with Gasteiger partial charge in [0.05, 0.1) is 0 Å². The van der Waals surface area contributed by atoms with Crippen LogP contribution >= 0.6 is 0 Å². The summed E-state index contributed by atoms with van der Waals surface area (Å²) < 4.78 is 6.05. The first-order valence-electron chi connectivity index (χ1n) is 3.80. The molecule has 0 fully saturated rings. The maximum atomic E-state index is 2.38. The van der Waals surface area contributed by atoms with Gasteiger partial charge >= 0.3 is 74.7 Å². The van der Waals surface area contributed by atoms with Gasteiger partial charge < -0.3 is 0 Å². The minimum absolute atomic E-state index is 1.21. The van der Waals surface area contributed by atoms with Crippen molar-refractivity contribution in [3.63, 3.8) is 0 Å². The predicted octanol–water partition coefficient (Wildman–Crippen LogP) is 0.308. The zero-order valence-corrected chi connectivity index (χ0v) is 9.10. The van der Waals surface area contributed by atoms with Crippen molar-refractivity contribution in [2.75, 3.05) is 28.2 Å². The summed E-state index contributed by atoms with van der Waals surface area (Å²) in [6, 6.07) is 0. The van der Waals surface area contributed by atoms with Gasteiger partial charge in [-0.15, -0.1) is 0 Å². The molecule has 0 aromatic carbocycles. The average Bonchev–Trinajstić information content (AvgIpc) is 1.85. The van der Waals surface area contributed by atoms with E-state index >= 15 is 0 Å². The molecule has 0 saturated heterocycles. The fourth-order valence-electron chi connectivity index (χ4n) is 1.03. The summed E-state index contributed by atoms with van der Waals surface area (Å²) in [7, 11) is 7.49. The molecule has 0 spiro atoms. The number of hydrogen-bond acceptors (Lipinski definition) is 2. The predicted molar refractivity (Wildman–Crippen MR) is 49.6 cm³/mol. The third kappa shape index (κ3) is 2.11. The van der Waals surface area contributed by atoms with Crippen molar-refractivity contribution in [1.29, 1.82) is 0 Å². The van der Waals surface area contributed by atoms with Crippen molar-refractivity contribution in [3.8, 4) is 0 Å². The molecule has 0 unspecified atom stereocenters. The van der Waals surface area contributed by atoms with E-state index in [2.05, 4.69) is 61.6 Å². The Morgan fingerprint density at radius 2 is 1.40 bits per heavy atom. The molecule has 2 nitrogen and oxygen atoms in total. The van der Waals surface area contributed by atoms with Gasteiger partial charge in [-0.1, -0.05) is 0 Å². The topological polar surface area (TPSA) is 6.48 Å². The van der Waals surface area contributed by atoms with Crippen LogP contribution in [-0.4, -0.2) is 63.4 Å². The standard InChI is InChI=1S/C6H17N2Si.Li/c1-7(2)9(5,6)8(3)4;/h5H2,1-4,6H3;. The summed E-state index contributed by atoms with van der Waals surface area (Å²) in [5.74, 6) is 0. The van der Waals surface area contributed by atoms with Gasteiger partial charge in [-0.25, -0.2) is 0 Å². The summed E-state index contributed by atoms with van der Waals surface area (Å²) in [6.07, 6.45) is 0.